The molecule has 1 nitrogen and oxygen atoms in total. The number of fused-ring (bicyclic) bond motifs is 1. The van der Waals surface area contributed by atoms with Crippen LogP contribution in [0.4, 0.5) is 0 Å². The Morgan fingerprint density at radius 1 is 0.833 bits per heavy atom. The zero-order valence-corrected chi connectivity index (χ0v) is 7.38. The summed E-state index contributed by atoms with van der Waals surface area (Å²) in [4.78, 5) is 1.04. The molecule has 0 amide bonds. The van der Waals surface area contributed by atoms with Gasteiger partial charge in [-0.2, -0.15) is 0 Å². The first kappa shape index (κ1) is 9.10. The molecule has 0 saturated carbocycles. The summed E-state index contributed by atoms with van der Waals surface area (Å²) in [6, 6.07) is 14.4. The molecule has 2 aromatic carbocycles. The summed E-state index contributed by atoms with van der Waals surface area (Å²) < 4.78 is 0. The average molecular weight is 178 g/mol. The van der Waals surface area contributed by atoms with Gasteiger partial charge in [0.1, 0.15) is 0 Å². The van der Waals surface area contributed by atoms with Gasteiger partial charge in [-0.15, -0.1) is 12.6 Å². The second-order valence-electron chi connectivity index (χ2n) is 2.50. The minimum Gasteiger partial charge on any atom is -0.412 e. The van der Waals surface area contributed by atoms with E-state index in [9.17, 15) is 0 Å². The Labute approximate surface area is 76.7 Å². The third kappa shape index (κ3) is 1.44. The molecular formula is C10H10OS. The molecule has 0 unspecified atom stereocenters. The molecule has 2 heteroatoms. The van der Waals surface area contributed by atoms with Crippen LogP contribution >= 0.6 is 12.6 Å². The first-order valence-electron chi connectivity index (χ1n) is 3.54. The van der Waals surface area contributed by atoms with Crippen molar-refractivity contribution in [2.45, 2.75) is 4.90 Å². The monoisotopic (exact) mass is 178 g/mol. The largest absolute Gasteiger partial charge is 0.412 e. The molecule has 2 rings (SSSR count). The quantitative estimate of drug-likeness (QED) is 0.600. The molecule has 12 heavy (non-hydrogen) atoms. The van der Waals surface area contributed by atoms with Crippen LogP contribution in [-0.2, 0) is 0 Å². The van der Waals surface area contributed by atoms with Crippen molar-refractivity contribution in [1.29, 1.82) is 0 Å². The van der Waals surface area contributed by atoms with E-state index in [1.807, 2.05) is 24.3 Å². The number of hydrogen-bond donors (Lipinski definition) is 1. The summed E-state index contributed by atoms with van der Waals surface area (Å²) in [5, 5.41) is 2.47. The van der Waals surface area contributed by atoms with Crippen molar-refractivity contribution < 1.29 is 5.48 Å². The maximum Gasteiger partial charge on any atom is 0.0119 e. The predicted octanol–water partition coefficient (Wildman–Crippen LogP) is 2.30. The molecule has 0 heterocycles. The van der Waals surface area contributed by atoms with Crippen LogP contribution in [-0.4, -0.2) is 5.48 Å². The van der Waals surface area contributed by atoms with Crippen LogP contribution < -0.4 is 0 Å². The third-order valence-corrected chi connectivity index (χ3v) is 2.16. The van der Waals surface area contributed by atoms with Crippen molar-refractivity contribution >= 4 is 23.4 Å². The van der Waals surface area contributed by atoms with E-state index in [1.54, 1.807) is 0 Å². The lowest BCUT2D eigenvalue weighted by atomic mass is 10.1. The van der Waals surface area contributed by atoms with Crippen LogP contribution in [0.2, 0.25) is 0 Å². The van der Waals surface area contributed by atoms with Gasteiger partial charge >= 0.3 is 0 Å². The highest BCUT2D eigenvalue weighted by atomic mass is 32.1. The van der Waals surface area contributed by atoms with Crippen LogP contribution in [0.25, 0.3) is 10.8 Å². The highest BCUT2D eigenvalue weighted by Gasteiger charge is 1.92. The maximum atomic E-state index is 4.35. The lowest BCUT2D eigenvalue weighted by molar-refractivity contribution is 0.824. The van der Waals surface area contributed by atoms with E-state index in [-0.39, 0.29) is 5.48 Å². The van der Waals surface area contributed by atoms with E-state index in [4.69, 9.17) is 0 Å². The fourth-order valence-electron chi connectivity index (χ4n) is 1.21. The van der Waals surface area contributed by atoms with Gasteiger partial charge in [0.15, 0.2) is 0 Å². The van der Waals surface area contributed by atoms with Crippen LogP contribution in [0.15, 0.2) is 47.4 Å². The van der Waals surface area contributed by atoms with Crippen LogP contribution in [0.3, 0.4) is 0 Å². The Morgan fingerprint density at radius 2 is 1.50 bits per heavy atom. The number of benzene rings is 2. The lowest BCUT2D eigenvalue weighted by Gasteiger charge is -1.98. The van der Waals surface area contributed by atoms with E-state index in [0.717, 1.165) is 4.90 Å². The van der Waals surface area contributed by atoms with Gasteiger partial charge in [-0.3, -0.25) is 0 Å². The molecule has 0 aliphatic heterocycles. The minimum atomic E-state index is 0. The van der Waals surface area contributed by atoms with Crippen LogP contribution in [0, 0.1) is 0 Å². The average Bonchev–Trinajstić information content (AvgIpc) is 2.06. The lowest BCUT2D eigenvalue weighted by Crippen LogP contribution is -1.71. The SMILES string of the molecule is O.Sc1cccc2ccccc12. The van der Waals surface area contributed by atoms with Crippen LogP contribution in [0.5, 0.6) is 0 Å². The zero-order chi connectivity index (χ0) is 7.68. The van der Waals surface area contributed by atoms with Gasteiger partial charge in [0, 0.05) is 4.90 Å². The summed E-state index contributed by atoms with van der Waals surface area (Å²) in [6.45, 7) is 0. The molecule has 0 aliphatic rings. The standard InChI is InChI=1S/C10H8S.H2O/c11-10-7-3-5-8-4-1-2-6-9(8)10;/h1-7,11H;1H2. The van der Waals surface area contributed by atoms with Gasteiger partial charge in [0.05, 0.1) is 0 Å². The molecule has 2 N–H and O–H groups in total. The molecule has 0 radical (unpaired) electrons. The summed E-state index contributed by atoms with van der Waals surface area (Å²) >= 11 is 4.35. The molecule has 0 fully saturated rings. The Bertz CT molecular complexity index is 379. The molecule has 0 aliphatic carbocycles. The molecular weight excluding hydrogens is 168 g/mol. The highest BCUT2D eigenvalue weighted by Crippen LogP contribution is 2.20. The smallest absolute Gasteiger partial charge is 0.0119 e. The van der Waals surface area contributed by atoms with E-state index in [0.29, 0.717) is 0 Å². The summed E-state index contributed by atoms with van der Waals surface area (Å²) in [6.07, 6.45) is 0. The number of rotatable bonds is 0. The molecule has 0 aromatic heterocycles. The van der Waals surface area contributed by atoms with Crippen molar-refractivity contribution in [3.8, 4) is 0 Å². The van der Waals surface area contributed by atoms with E-state index in [2.05, 4.69) is 30.8 Å². The zero-order valence-electron chi connectivity index (χ0n) is 6.49. The molecule has 0 bridgehead atoms. The maximum absolute atomic E-state index is 4.35. The van der Waals surface area contributed by atoms with Gasteiger partial charge in [-0.05, 0) is 16.8 Å². The normalized spacial score (nSPS) is 9.42. The van der Waals surface area contributed by atoms with Gasteiger partial charge in [-0.25, -0.2) is 0 Å². The Hall–Kier alpha value is -0.990. The van der Waals surface area contributed by atoms with Gasteiger partial charge < -0.3 is 5.48 Å². The summed E-state index contributed by atoms with van der Waals surface area (Å²) in [7, 11) is 0. The number of thiol groups is 1. The molecule has 0 saturated heterocycles. The second-order valence-corrected chi connectivity index (χ2v) is 2.98. The third-order valence-electron chi connectivity index (χ3n) is 1.77. The van der Waals surface area contributed by atoms with Crippen molar-refractivity contribution in [1.82, 2.24) is 0 Å². The molecule has 0 spiro atoms. The van der Waals surface area contributed by atoms with E-state index in [1.165, 1.54) is 10.8 Å². The van der Waals surface area contributed by atoms with E-state index >= 15 is 0 Å². The molecule has 0 atom stereocenters. The fraction of sp³-hybridized carbons (Fsp3) is 0. The van der Waals surface area contributed by atoms with Crippen molar-refractivity contribution in [3.63, 3.8) is 0 Å². The minimum absolute atomic E-state index is 0. The van der Waals surface area contributed by atoms with Crippen LogP contribution in [0.1, 0.15) is 0 Å². The summed E-state index contributed by atoms with van der Waals surface area (Å²) in [5.74, 6) is 0. The van der Waals surface area contributed by atoms with Crippen molar-refractivity contribution in [3.05, 3.63) is 42.5 Å². The second kappa shape index (κ2) is 3.61. The molecule has 2 aromatic rings. The Kier molecular flexibility index (Phi) is 2.74. The topological polar surface area (TPSA) is 31.5 Å². The predicted molar refractivity (Wildman–Crippen MR) is 54.8 cm³/mol. The molecule has 62 valence electrons. The van der Waals surface area contributed by atoms with Gasteiger partial charge in [0.25, 0.3) is 0 Å². The van der Waals surface area contributed by atoms with Crippen molar-refractivity contribution in [2.75, 3.05) is 0 Å². The first-order valence-corrected chi connectivity index (χ1v) is 3.99. The first-order chi connectivity index (χ1) is 5.38. The van der Waals surface area contributed by atoms with Gasteiger partial charge in [0.2, 0.25) is 0 Å². The highest BCUT2D eigenvalue weighted by molar-refractivity contribution is 7.80. The van der Waals surface area contributed by atoms with E-state index < -0.39 is 0 Å². The summed E-state index contributed by atoms with van der Waals surface area (Å²) in [5.41, 5.74) is 0. The number of hydrogen-bond acceptors (Lipinski definition) is 1. The fourth-order valence-corrected chi connectivity index (χ4v) is 1.50. The van der Waals surface area contributed by atoms with Crippen molar-refractivity contribution in [2.24, 2.45) is 0 Å². The van der Waals surface area contributed by atoms with Gasteiger partial charge in [-0.1, -0.05) is 36.4 Å². The Balaban J connectivity index is 0.000000720. The Morgan fingerprint density at radius 3 is 2.25 bits per heavy atom.